The Bertz CT molecular complexity index is 663. The van der Waals surface area contributed by atoms with Crippen LogP contribution in [-0.4, -0.2) is 16.5 Å². The molecule has 3 rings (SSSR count). The normalized spacial score (nSPS) is 14.8. The number of nitrogens with one attached hydrogen (secondary N) is 1. The van der Waals surface area contributed by atoms with Crippen LogP contribution in [0.5, 0.6) is 0 Å². The lowest BCUT2D eigenvalue weighted by Gasteiger charge is -2.22. The second-order valence-electron chi connectivity index (χ2n) is 5.20. The average molecular weight is 269 g/mol. The van der Waals surface area contributed by atoms with Crippen molar-refractivity contribution in [3.05, 3.63) is 57.6 Å². The molecular formula is C16H19N3O. The molecule has 1 aromatic heterocycles. The van der Waals surface area contributed by atoms with Crippen molar-refractivity contribution in [3.8, 4) is 0 Å². The van der Waals surface area contributed by atoms with Gasteiger partial charge >= 0.3 is 0 Å². The van der Waals surface area contributed by atoms with Gasteiger partial charge in [-0.25, -0.2) is 4.98 Å². The van der Waals surface area contributed by atoms with Crippen LogP contribution < -0.4 is 10.5 Å². The summed E-state index contributed by atoms with van der Waals surface area (Å²) in [5.74, 6) is 1.55. The number of hydrogen-bond acceptors (Lipinski definition) is 3. The Kier molecular flexibility index (Phi) is 3.54. The van der Waals surface area contributed by atoms with Crippen LogP contribution in [0.1, 0.15) is 30.3 Å². The van der Waals surface area contributed by atoms with Gasteiger partial charge in [-0.15, -0.1) is 0 Å². The molecule has 1 aromatic carbocycles. The number of nitrogens with zero attached hydrogens (tertiary/aromatic N) is 2. The number of aryl methyl sites for hydroxylation is 2. The van der Waals surface area contributed by atoms with Gasteiger partial charge < -0.3 is 9.88 Å². The molecular weight excluding hydrogens is 250 g/mol. The fourth-order valence-corrected chi connectivity index (χ4v) is 2.72. The van der Waals surface area contributed by atoms with Crippen LogP contribution in [0, 0.1) is 0 Å². The van der Waals surface area contributed by atoms with E-state index in [9.17, 15) is 4.79 Å². The molecule has 0 saturated carbocycles. The van der Waals surface area contributed by atoms with E-state index in [-0.39, 0.29) is 5.56 Å². The van der Waals surface area contributed by atoms with Gasteiger partial charge in [-0.1, -0.05) is 31.2 Å². The molecule has 104 valence electrons. The summed E-state index contributed by atoms with van der Waals surface area (Å²) < 4.78 is 0. The topological polar surface area (TPSA) is 49.0 Å². The van der Waals surface area contributed by atoms with Crippen LogP contribution >= 0.6 is 0 Å². The molecule has 4 nitrogen and oxygen atoms in total. The fourth-order valence-electron chi connectivity index (χ4n) is 2.72. The summed E-state index contributed by atoms with van der Waals surface area (Å²) in [6.07, 6.45) is 2.93. The minimum atomic E-state index is -0.0654. The second kappa shape index (κ2) is 5.49. The van der Waals surface area contributed by atoms with Crippen LogP contribution in [0.25, 0.3) is 0 Å². The molecule has 4 heteroatoms. The zero-order valence-corrected chi connectivity index (χ0v) is 11.7. The van der Waals surface area contributed by atoms with Gasteiger partial charge in [-0.2, -0.15) is 0 Å². The molecule has 1 aliphatic rings. The third-order valence-electron chi connectivity index (χ3n) is 3.79. The molecule has 0 aliphatic carbocycles. The van der Waals surface area contributed by atoms with Crippen LogP contribution in [0.4, 0.5) is 5.82 Å². The van der Waals surface area contributed by atoms with Crippen molar-refractivity contribution in [2.45, 2.75) is 32.7 Å². The number of benzene rings is 1. The van der Waals surface area contributed by atoms with E-state index in [4.69, 9.17) is 0 Å². The first-order valence-electron chi connectivity index (χ1n) is 7.18. The maximum Gasteiger partial charge on any atom is 0.252 e. The Morgan fingerprint density at radius 1 is 1.30 bits per heavy atom. The van der Waals surface area contributed by atoms with Crippen molar-refractivity contribution in [1.29, 1.82) is 0 Å². The van der Waals surface area contributed by atoms with Crippen LogP contribution in [-0.2, 0) is 19.4 Å². The predicted octanol–water partition coefficient (Wildman–Crippen LogP) is 2.29. The molecule has 0 amide bonds. The SMILES string of the molecule is CCc1nc(N2CCCc3ccccc3C2)cc(=O)[nH]1. The fraction of sp³-hybridized carbons (Fsp3) is 0.375. The lowest BCUT2D eigenvalue weighted by atomic mass is 10.0. The van der Waals surface area contributed by atoms with Gasteiger partial charge in [0.15, 0.2) is 0 Å². The molecule has 0 saturated heterocycles. The highest BCUT2D eigenvalue weighted by molar-refractivity contribution is 5.41. The minimum Gasteiger partial charge on any atom is -0.352 e. The largest absolute Gasteiger partial charge is 0.352 e. The van der Waals surface area contributed by atoms with Gasteiger partial charge in [0.05, 0.1) is 0 Å². The molecule has 1 N–H and O–H groups in total. The number of aromatic amines is 1. The van der Waals surface area contributed by atoms with Gasteiger partial charge in [0.1, 0.15) is 11.6 Å². The molecule has 20 heavy (non-hydrogen) atoms. The summed E-state index contributed by atoms with van der Waals surface area (Å²) in [5.41, 5.74) is 2.69. The number of aromatic nitrogens is 2. The highest BCUT2D eigenvalue weighted by Gasteiger charge is 2.16. The van der Waals surface area contributed by atoms with E-state index in [1.54, 1.807) is 6.07 Å². The van der Waals surface area contributed by atoms with Gasteiger partial charge in [-0.05, 0) is 24.0 Å². The molecule has 2 aromatic rings. The van der Waals surface area contributed by atoms with Crippen LogP contribution in [0.15, 0.2) is 35.1 Å². The summed E-state index contributed by atoms with van der Waals surface area (Å²) >= 11 is 0. The molecule has 0 unspecified atom stereocenters. The zero-order chi connectivity index (χ0) is 13.9. The molecule has 2 heterocycles. The van der Waals surface area contributed by atoms with Gasteiger partial charge in [-0.3, -0.25) is 4.79 Å². The summed E-state index contributed by atoms with van der Waals surface area (Å²) in [4.78, 5) is 21.3. The maximum atomic E-state index is 11.7. The van der Waals surface area contributed by atoms with Crippen molar-refractivity contribution in [2.75, 3.05) is 11.4 Å². The first kappa shape index (κ1) is 12.9. The summed E-state index contributed by atoms with van der Waals surface area (Å²) in [5, 5.41) is 0. The maximum absolute atomic E-state index is 11.7. The number of fused-ring (bicyclic) bond motifs is 1. The van der Waals surface area contributed by atoms with Crippen LogP contribution in [0.3, 0.4) is 0 Å². The number of hydrogen-bond donors (Lipinski definition) is 1. The van der Waals surface area contributed by atoms with Gasteiger partial charge in [0.25, 0.3) is 5.56 Å². The third-order valence-corrected chi connectivity index (χ3v) is 3.79. The summed E-state index contributed by atoms with van der Waals surface area (Å²) in [6.45, 7) is 3.77. The Labute approximate surface area is 118 Å². The van der Waals surface area contributed by atoms with Gasteiger partial charge in [0.2, 0.25) is 0 Å². The molecule has 0 atom stereocenters. The lowest BCUT2D eigenvalue weighted by molar-refractivity contribution is 0.744. The Morgan fingerprint density at radius 2 is 2.10 bits per heavy atom. The molecule has 0 fully saturated rings. The van der Waals surface area contributed by atoms with Crippen molar-refractivity contribution < 1.29 is 0 Å². The van der Waals surface area contributed by atoms with Crippen molar-refractivity contribution in [3.63, 3.8) is 0 Å². The molecule has 0 bridgehead atoms. The van der Waals surface area contributed by atoms with Crippen molar-refractivity contribution in [2.24, 2.45) is 0 Å². The summed E-state index contributed by atoms with van der Waals surface area (Å²) in [6, 6.07) is 10.1. The second-order valence-corrected chi connectivity index (χ2v) is 5.20. The Morgan fingerprint density at radius 3 is 2.90 bits per heavy atom. The lowest BCUT2D eigenvalue weighted by Crippen LogP contribution is -2.26. The highest BCUT2D eigenvalue weighted by atomic mass is 16.1. The first-order chi connectivity index (χ1) is 9.76. The van der Waals surface area contributed by atoms with Crippen molar-refractivity contribution in [1.82, 2.24) is 9.97 Å². The molecule has 0 spiro atoms. The minimum absolute atomic E-state index is 0.0654. The van der Waals surface area contributed by atoms with E-state index in [0.717, 1.165) is 44.0 Å². The van der Waals surface area contributed by atoms with Crippen molar-refractivity contribution >= 4 is 5.82 Å². The van der Waals surface area contributed by atoms with E-state index < -0.39 is 0 Å². The molecule has 0 radical (unpaired) electrons. The number of anilines is 1. The smallest absolute Gasteiger partial charge is 0.252 e. The predicted molar refractivity (Wildman–Crippen MR) is 80.0 cm³/mol. The third kappa shape index (κ3) is 2.59. The summed E-state index contributed by atoms with van der Waals surface area (Å²) in [7, 11) is 0. The zero-order valence-electron chi connectivity index (χ0n) is 11.7. The Balaban J connectivity index is 1.95. The van der Waals surface area contributed by atoms with E-state index in [2.05, 4.69) is 39.1 Å². The monoisotopic (exact) mass is 269 g/mol. The number of H-pyrrole nitrogens is 1. The molecule has 1 aliphatic heterocycles. The van der Waals surface area contributed by atoms with E-state index >= 15 is 0 Å². The number of rotatable bonds is 2. The van der Waals surface area contributed by atoms with E-state index in [0.29, 0.717) is 0 Å². The Hall–Kier alpha value is -2.10. The highest BCUT2D eigenvalue weighted by Crippen LogP contribution is 2.21. The average Bonchev–Trinajstić information content (AvgIpc) is 2.68. The standard InChI is InChI=1S/C16H19N3O/c1-2-14-17-15(10-16(20)18-14)19-9-5-8-12-6-3-4-7-13(12)11-19/h3-4,6-7,10H,2,5,8-9,11H2,1H3,(H,17,18,20). The van der Waals surface area contributed by atoms with E-state index in [1.165, 1.54) is 11.1 Å². The van der Waals surface area contributed by atoms with E-state index in [1.807, 2.05) is 6.92 Å². The quantitative estimate of drug-likeness (QED) is 0.910. The van der Waals surface area contributed by atoms with Gasteiger partial charge in [0, 0.05) is 25.6 Å². The first-order valence-corrected chi connectivity index (χ1v) is 7.18. The van der Waals surface area contributed by atoms with Crippen LogP contribution in [0.2, 0.25) is 0 Å².